The Kier molecular flexibility index (Phi) is 20.4. The van der Waals surface area contributed by atoms with Crippen LogP contribution < -0.4 is 31.2 Å². The normalized spacial score (nSPS) is 18.3. The number of piperazine rings is 2. The van der Waals surface area contributed by atoms with Crippen LogP contribution in [0.2, 0.25) is 5.15 Å². The quantitative estimate of drug-likeness (QED) is 0.175. The number of aryl methyl sites for hydroxylation is 2. The van der Waals surface area contributed by atoms with Crippen molar-refractivity contribution in [3.8, 4) is 11.5 Å². The van der Waals surface area contributed by atoms with Gasteiger partial charge in [-0.25, -0.2) is 9.97 Å². The predicted octanol–water partition coefficient (Wildman–Crippen LogP) is 2.50. The van der Waals surface area contributed by atoms with Gasteiger partial charge in [0.2, 0.25) is 0 Å². The summed E-state index contributed by atoms with van der Waals surface area (Å²) in [5, 5.41) is 3.00. The minimum Gasteiger partial charge on any atom is -0.484 e. The summed E-state index contributed by atoms with van der Waals surface area (Å²) in [5.74, 6) is 1.20. The number of halogens is 2. The number of benzene rings is 2. The van der Waals surface area contributed by atoms with Crippen molar-refractivity contribution in [3.63, 3.8) is 0 Å². The molecule has 15 nitrogen and oxygen atoms in total. The molecule has 4 heterocycles. The third-order valence-corrected chi connectivity index (χ3v) is 11.2. The van der Waals surface area contributed by atoms with Crippen molar-refractivity contribution < 1.29 is 28.8 Å². The van der Waals surface area contributed by atoms with Crippen LogP contribution in [0.5, 0.6) is 11.5 Å². The van der Waals surface area contributed by atoms with Gasteiger partial charge < -0.3 is 50.8 Å². The van der Waals surface area contributed by atoms with Crippen LogP contribution in [0, 0.1) is 0 Å². The molecule has 2 unspecified atom stereocenters. The number of ether oxygens (including phenoxy) is 2. The minimum atomic E-state index is -0.379. The Balaban J connectivity index is 0.000000303. The first-order valence-electron chi connectivity index (χ1n) is 20.9. The molecule has 0 spiro atoms. The highest BCUT2D eigenvalue weighted by atomic mass is 35.5. The van der Waals surface area contributed by atoms with Crippen molar-refractivity contribution in [2.24, 2.45) is 0 Å². The van der Waals surface area contributed by atoms with E-state index < -0.39 is 0 Å². The lowest BCUT2D eigenvalue weighted by atomic mass is 10.0. The van der Waals surface area contributed by atoms with Crippen LogP contribution in [-0.4, -0.2) is 159 Å². The number of nitrogens with two attached hydrogens (primary N) is 2. The number of nitrogen functional groups attached to an aromatic ring is 2. The lowest BCUT2D eigenvalue weighted by molar-refractivity contribution is -0.906. The molecule has 330 valence electrons. The molecule has 0 radical (unpaired) electrons. The van der Waals surface area contributed by atoms with Gasteiger partial charge in [-0.1, -0.05) is 49.2 Å². The second kappa shape index (κ2) is 25.4. The monoisotopic (exact) mass is 871 g/mol. The van der Waals surface area contributed by atoms with Crippen molar-refractivity contribution in [1.82, 2.24) is 34.9 Å². The van der Waals surface area contributed by atoms with Crippen LogP contribution in [0.4, 0.5) is 11.6 Å². The molecule has 3 fully saturated rings. The number of carbonyl (C=O) groups is 3. The van der Waals surface area contributed by atoms with Gasteiger partial charge >= 0.3 is 0 Å². The first-order chi connectivity index (χ1) is 29.0. The van der Waals surface area contributed by atoms with Crippen molar-refractivity contribution in [3.05, 3.63) is 70.5 Å². The van der Waals surface area contributed by atoms with Gasteiger partial charge in [0, 0.05) is 65.2 Å². The fraction of sp³-hybridized carbons (Fsp3) is 0.558. The summed E-state index contributed by atoms with van der Waals surface area (Å²) >= 11 is 10.6. The molecule has 17 heteroatoms. The third-order valence-electron chi connectivity index (χ3n) is 10.9. The molecule has 6 N–H and O–H groups in total. The number of anilines is 2. The molecule has 6 rings (SSSR count). The maximum absolute atomic E-state index is 12.7. The van der Waals surface area contributed by atoms with Gasteiger partial charge in [0.25, 0.3) is 17.7 Å². The molecule has 2 atom stereocenters. The summed E-state index contributed by atoms with van der Waals surface area (Å²) in [6.07, 6.45) is 7.62. The zero-order chi connectivity index (χ0) is 43.4. The summed E-state index contributed by atoms with van der Waals surface area (Å²) in [6.45, 7) is 12.1. The lowest BCUT2D eigenvalue weighted by Crippen LogP contribution is -3.14. The molecule has 2 aromatic carbocycles. The standard InChI is InChI=1S/C26H37ClN8O3.C16H24N2O2.CH3Cl/c1-33-12-14-35(15-13-33)21(36)17-38-20-8-6-18(7-9-20)4-2-10-34-11-3-5-19(16-34)30-26(37)22-24(28)32-25(29)23(27)31-22;1-3-4-14-5-7-15(8-6-14)20-13-16(19)18-11-9-17(2)10-12-18;1-2/h6-9,19H,2-5,10-17H2,1H3,(H,30,37)(H4,28,29,32);5-8H,3-4,9-13H2,1-2H3;1H3/p+1. The number of likely N-dealkylation sites (tertiary alicyclic amines) is 1. The number of amides is 3. The smallest absolute Gasteiger partial charge is 0.274 e. The predicted molar refractivity (Wildman–Crippen MR) is 238 cm³/mol. The molecule has 1 aromatic heterocycles. The molecule has 3 aliphatic heterocycles. The van der Waals surface area contributed by atoms with Crippen LogP contribution in [0.1, 0.15) is 54.2 Å². The van der Waals surface area contributed by atoms with E-state index >= 15 is 0 Å². The number of piperidine rings is 1. The Hall–Kier alpha value is -4.41. The van der Waals surface area contributed by atoms with E-state index in [1.807, 2.05) is 34.1 Å². The highest BCUT2D eigenvalue weighted by Gasteiger charge is 2.27. The summed E-state index contributed by atoms with van der Waals surface area (Å²) in [6, 6.07) is 16.1. The molecule has 3 aliphatic rings. The Labute approximate surface area is 365 Å². The molecule has 3 saturated heterocycles. The van der Waals surface area contributed by atoms with Crippen molar-refractivity contribution in [1.29, 1.82) is 0 Å². The van der Waals surface area contributed by atoms with Crippen LogP contribution in [-0.2, 0) is 22.4 Å². The summed E-state index contributed by atoms with van der Waals surface area (Å²) in [7, 11) is 4.15. The van der Waals surface area contributed by atoms with E-state index in [2.05, 4.69) is 82.0 Å². The first kappa shape index (κ1) is 48.3. The molecule has 0 aliphatic carbocycles. The van der Waals surface area contributed by atoms with E-state index in [4.69, 9.17) is 32.5 Å². The van der Waals surface area contributed by atoms with Crippen LogP contribution >= 0.6 is 23.2 Å². The maximum atomic E-state index is 12.7. The average Bonchev–Trinajstić information content (AvgIpc) is 3.26. The largest absolute Gasteiger partial charge is 0.484 e. The van der Waals surface area contributed by atoms with Gasteiger partial charge in [-0.05, 0) is 75.2 Å². The fourth-order valence-electron chi connectivity index (χ4n) is 7.28. The number of rotatable bonds is 14. The molecular formula is C43H65Cl2N10O5+. The highest BCUT2D eigenvalue weighted by molar-refractivity contribution is 6.31. The molecule has 0 saturated carbocycles. The molecule has 3 aromatic rings. The second-order valence-electron chi connectivity index (χ2n) is 15.5. The minimum absolute atomic E-state index is 0.00689. The number of quaternary nitrogens is 1. The van der Waals surface area contributed by atoms with Gasteiger partial charge in [0.1, 0.15) is 11.5 Å². The Morgan fingerprint density at radius 1 is 0.767 bits per heavy atom. The SMILES string of the molecule is CCCc1ccc(OCC(=O)N2CCN(C)CC2)cc1.CCl.CN1CCN(C(=O)COc2ccc(CCC[NH+]3CCCC(NC(=O)c4nc(Cl)c(N)nc4N)C3)cc2)CC1. The van der Waals surface area contributed by atoms with Gasteiger partial charge in [0.15, 0.2) is 35.7 Å². The number of carbonyl (C=O) groups excluding carboxylic acids is 3. The zero-order valence-corrected chi connectivity index (χ0v) is 37.3. The van der Waals surface area contributed by atoms with Crippen LogP contribution in [0.3, 0.4) is 0 Å². The highest BCUT2D eigenvalue weighted by Crippen LogP contribution is 2.18. The van der Waals surface area contributed by atoms with E-state index in [1.165, 1.54) is 22.4 Å². The van der Waals surface area contributed by atoms with Crippen LogP contribution in [0.15, 0.2) is 48.5 Å². The molecule has 60 heavy (non-hydrogen) atoms. The Bertz CT molecular complexity index is 1770. The van der Waals surface area contributed by atoms with Crippen molar-refractivity contribution >= 4 is 52.6 Å². The zero-order valence-electron chi connectivity index (χ0n) is 35.8. The number of aromatic nitrogens is 2. The summed E-state index contributed by atoms with van der Waals surface area (Å²) in [5.41, 5.74) is 14.0. The lowest BCUT2D eigenvalue weighted by Gasteiger charge is -2.32. The topological polar surface area (TPSA) is 177 Å². The van der Waals surface area contributed by atoms with E-state index in [-0.39, 0.29) is 59.5 Å². The van der Waals surface area contributed by atoms with Crippen molar-refractivity contribution in [2.75, 3.05) is 117 Å². The van der Waals surface area contributed by atoms with E-state index in [1.54, 1.807) is 0 Å². The third kappa shape index (κ3) is 15.9. The Morgan fingerprint density at radius 3 is 1.77 bits per heavy atom. The van der Waals surface area contributed by atoms with E-state index in [9.17, 15) is 14.4 Å². The van der Waals surface area contributed by atoms with Gasteiger partial charge in [-0.3, -0.25) is 14.4 Å². The second-order valence-corrected chi connectivity index (χ2v) is 15.8. The van der Waals surface area contributed by atoms with E-state index in [0.29, 0.717) is 5.75 Å². The number of nitrogens with zero attached hydrogens (tertiary/aromatic N) is 6. The van der Waals surface area contributed by atoms with Gasteiger partial charge in [0.05, 0.1) is 25.7 Å². The number of hydrogen-bond acceptors (Lipinski definition) is 11. The van der Waals surface area contributed by atoms with Crippen LogP contribution in [0.25, 0.3) is 0 Å². The summed E-state index contributed by atoms with van der Waals surface area (Å²) in [4.78, 5) is 54.6. The number of likely N-dealkylation sites (N-methyl/N-ethyl adjacent to an activating group) is 2. The number of hydrogen-bond donors (Lipinski definition) is 4. The molecule has 3 amide bonds. The number of alkyl halides is 1. The maximum Gasteiger partial charge on any atom is 0.274 e. The molecule has 0 bridgehead atoms. The Morgan fingerprint density at radius 2 is 1.27 bits per heavy atom. The molecular weight excluding hydrogens is 807 g/mol. The van der Waals surface area contributed by atoms with Crippen molar-refractivity contribution in [2.45, 2.75) is 51.5 Å². The van der Waals surface area contributed by atoms with Gasteiger partial charge in [-0.2, -0.15) is 0 Å². The number of nitrogens with one attached hydrogen (secondary N) is 2. The van der Waals surface area contributed by atoms with Gasteiger partial charge in [-0.15, -0.1) is 11.6 Å². The summed E-state index contributed by atoms with van der Waals surface area (Å²) < 4.78 is 11.3. The van der Waals surface area contributed by atoms with E-state index in [0.717, 1.165) is 116 Å². The average molecular weight is 873 g/mol. The fourth-order valence-corrected chi connectivity index (χ4v) is 7.41. The first-order valence-corrected chi connectivity index (χ1v) is 22.1.